The molecule has 3 rings (SSSR count). The normalized spacial score (nSPS) is 44.1. The fourth-order valence-corrected chi connectivity index (χ4v) is 4.08. The highest BCUT2D eigenvalue weighted by Crippen LogP contribution is 2.37. The van der Waals surface area contributed by atoms with E-state index in [1.807, 2.05) is 0 Å². The van der Waals surface area contributed by atoms with Crippen molar-refractivity contribution in [3.8, 4) is 0 Å². The lowest BCUT2D eigenvalue weighted by atomic mass is 9.89. The van der Waals surface area contributed by atoms with E-state index >= 15 is 0 Å². The molecule has 0 radical (unpaired) electrons. The number of hydrogen-bond acceptors (Lipinski definition) is 3. The summed E-state index contributed by atoms with van der Waals surface area (Å²) in [5.74, 6) is 0.572. The summed E-state index contributed by atoms with van der Waals surface area (Å²) in [6.45, 7) is 3.12. The molecule has 4 atom stereocenters. The van der Waals surface area contributed by atoms with Crippen molar-refractivity contribution in [2.75, 3.05) is 6.54 Å². The van der Waals surface area contributed by atoms with Gasteiger partial charge in [-0.1, -0.05) is 0 Å². The van der Waals surface area contributed by atoms with Crippen molar-refractivity contribution in [2.45, 2.75) is 69.7 Å². The van der Waals surface area contributed by atoms with Gasteiger partial charge in [0.25, 0.3) is 0 Å². The molecular formula is C14H24N2O2. The second-order valence-electron chi connectivity index (χ2n) is 6.33. The molecule has 3 saturated heterocycles. The van der Waals surface area contributed by atoms with Crippen LogP contribution in [0.5, 0.6) is 0 Å². The lowest BCUT2D eigenvalue weighted by Gasteiger charge is -2.40. The smallest absolute Gasteiger partial charge is 0.226 e. The van der Waals surface area contributed by atoms with Crippen LogP contribution in [0.1, 0.15) is 45.4 Å². The Morgan fingerprint density at radius 3 is 2.44 bits per heavy atom. The zero-order valence-electron chi connectivity index (χ0n) is 11.1. The number of hydrogen-bond donors (Lipinski definition) is 2. The fourth-order valence-electron chi connectivity index (χ4n) is 4.08. The van der Waals surface area contributed by atoms with Gasteiger partial charge in [-0.2, -0.15) is 0 Å². The highest BCUT2D eigenvalue weighted by atomic mass is 16.3. The van der Waals surface area contributed by atoms with Crippen molar-refractivity contribution >= 4 is 5.91 Å². The minimum atomic E-state index is -0.182. The van der Waals surface area contributed by atoms with Crippen LogP contribution in [0.25, 0.3) is 0 Å². The molecule has 0 aliphatic carbocycles. The topological polar surface area (TPSA) is 52.6 Å². The van der Waals surface area contributed by atoms with E-state index in [0.717, 1.165) is 45.1 Å². The predicted octanol–water partition coefficient (Wildman–Crippen LogP) is 0.889. The summed E-state index contributed by atoms with van der Waals surface area (Å²) in [5, 5.41) is 13.2. The molecule has 0 aromatic heterocycles. The Morgan fingerprint density at radius 1 is 1.17 bits per heavy atom. The molecule has 0 saturated carbocycles. The van der Waals surface area contributed by atoms with Crippen molar-refractivity contribution in [1.29, 1.82) is 0 Å². The first-order chi connectivity index (χ1) is 8.65. The number of aliphatic hydroxyl groups is 1. The Morgan fingerprint density at radius 2 is 1.83 bits per heavy atom. The summed E-state index contributed by atoms with van der Waals surface area (Å²) in [7, 11) is 0. The molecule has 1 amide bonds. The van der Waals surface area contributed by atoms with Crippen molar-refractivity contribution in [3.05, 3.63) is 0 Å². The van der Waals surface area contributed by atoms with Crippen LogP contribution in [-0.2, 0) is 4.79 Å². The third kappa shape index (κ3) is 2.16. The molecule has 3 aliphatic heterocycles. The van der Waals surface area contributed by atoms with E-state index < -0.39 is 0 Å². The van der Waals surface area contributed by atoms with Crippen molar-refractivity contribution in [2.24, 2.45) is 5.92 Å². The van der Waals surface area contributed by atoms with Crippen LogP contribution in [0.3, 0.4) is 0 Å². The number of amides is 1. The van der Waals surface area contributed by atoms with Gasteiger partial charge in [-0.25, -0.2) is 0 Å². The summed E-state index contributed by atoms with van der Waals surface area (Å²) in [6, 6.07) is 1.09. The molecule has 3 aliphatic rings. The molecular weight excluding hydrogens is 228 g/mol. The van der Waals surface area contributed by atoms with Gasteiger partial charge in [-0.3, -0.25) is 4.79 Å². The van der Waals surface area contributed by atoms with E-state index in [1.165, 1.54) is 0 Å². The summed E-state index contributed by atoms with van der Waals surface area (Å²) in [6.07, 6.45) is 5.53. The minimum absolute atomic E-state index is 0.182. The second kappa shape index (κ2) is 4.82. The lowest BCUT2D eigenvalue weighted by Crippen LogP contribution is -2.52. The molecule has 3 heterocycles. The molecule has 18 heavy (non-hydrogen) atoms. The Kier molecular flexibility index (Phi) is 3.32. The molecule has 0 aromatic rings. The van der Waals surface area contributed by atoms with Crippen molar-refractivity contribution in [1.82, 2.24) is 10.2 Å². The number of nitrogens with one attached hydrogen (secondary N) is 1. The van der Waals surface area contributed by atoms with Gasteiger partial charge in [0.05, 0.1) is 6.10 Å². The molecule has 4 heteroatoms. The Hall–Kier alpha value is -0.610. The van der Waals surface area contributed by atoms with Crippen LogP contribution in [0, 0.1) is 5.92 Å². The van der Waals surface area contributed by atoms with Gasteiger partial charge in [0.1, 0.15) is 0 Å². The quantitative estimate of drug-likeness (QED) is 0.728. The molecule has 4 nitrogen and oxygen atoms in total. The van der Waals surface area contributed by atoms with Gasteiger partial charge in [0.15, 0.2) is 0 Å². The molecule has 102 valence electrons. The zero-order chi connectivity index (χ0) is 12.7. The number of aliphatic hydroxyl groups excluding tert-OH is 1. The first kappa shape index (κ1) is 12.4. The summed E-state index contributed by atoms with van der Waals surface area (Å²) in [5.41, 5.74) is 0. The fraction of sp³-hybridized carbons (Fsp3) is 0.929. The van der Waals surface area contributed by atoms with Gasteiger partial charge < -0.3 is 15.3 Å². The number of fused-ring (bicyclic) bond motifs is 2. The van der Waals surface area contributed by atoms with Crippen LogP contribution in [0.4, 0.5) is 0 Å². The maximum absolute atomic E-state index is 12.7. The van der Waals surface area contributed by atoms with Gasteiger partial charge in [0, 0.05) is 24.0 Å². The van der Waals surface area contributed by atoms with E-state index in [-0.39, 0.29) is 12.0 Å². The standard InChI is InChI=1S/C14H24N2O2/c1-9-6-10(4-5-15-9)14(18)16-11-2-3-12(16)8-13(17)7-11/h9-13,15,17H,2-8H2,1H3. The SMILES string of the molecule is CC1CC(C(=O)N2C3CCC2CC(O)C3)CCN1. The Balaban J connectivity index is 1.69. The van der Waals surface area contributed by atoms with E-state index in [2.05, 4.69) is 17.1 Å². The van der Waals surface area contributed by atoms with E-state index in [0.29, 0.717) is 24.0 Å². The molecule has 2 N–H and O–H groups in total. The van der Waals surface area contributed by atoms with Gasteiger partial charge in [0.2, 0.25) is 5.91 Å². The summed E-state index contributed by atoms with van der Waals surface area (Å²) < 4.78 is 0. The largest absolute Gasteiger partial charge is 0.393 e. The number of carbonyl (C=O) groups excluding carboxylic acids is 1. The first-order valence-corrected chi connectivity index (χ1v) is 7.38. The number of rotatable bonds is 1. The predicted molar refractivity (Wildman–Crippen MR) is 69.1 cm³/mol. The number of piperidine rings is 2. The lowest BCUT2D eigenvalue weighted by molar-refractivity contribution is -0.143. The Labute approximate surface area is 109 Å². The maximum Gasteiger partial charge on any atom is 0.226 e. The van der Waals surface area contributed by atoms with Crippen LogP contribution in [0.2, 0.25) is 0 Å². The summed E-state index contributed by atoms with van der Waals surface area (Å²) >= 11 is 0. The van der Waals surface area contributed by atoms with E-state index in [4.69, 9.17) is 0 Å². The van der Waals surface area contributed by atoms with Crippen LogP contribution in [-0.4, -0.2) is 46.7 Å². The average molecular weight is 252 g/mol. The Bertz CT molecular complexity index is 320. The molecule has 3 fully saturated rings. The van der Waals surface area contributed by atoms with Gasteiger partial charge >= 0.3 is 0 Å². The second-order valence-corrected chi connectivity index (χ2v) is 6.33. The first-order valence-electron chi connectivity index (χ1n) is 7.38. The highest BCUT2D eigenvalue weighted by Gasteiger charge is 2.44. The zero-order valence-corrected chi connectivity index (χ0v) is 11.1. The molecule has 2 bridgehead atoms. The highest BCUT2D eigenvalue weighted by molar-refractivity contribution is 5.80. The molecule has 4 unspecified atom stereocenters. The number of nitrogens with zero attached hydrogens (tertiary/aromatic N) is 1. The monoisotopic (exact) mass is 252 g/mol. The minimum Gasteiger partial charge on any atom is -0.393 e. The van der Waals surface area contributed by atoms with Crippen molar-refractivity contribution < 1.29 is 9.90 Å². The van der Waals surface area contributed by atoms with Crippen LogP contribution < -0.4 is 5.32 Å². The van der Waals surface area contributed by atoms with Gasteiger partial charge in [-0.05, 0) is 52.0 Å². The summed E-state index contributed by atoms with van der Waals surface area (Å²) in [4.78, 5) is 14.8. The van der Waals surface area contributed by atoms with E-state index in [9.17, 15) is 9.90 Å². The molecule has 0 aromatic carbocycles. The third-order valence-corrected chi connectivity index (χ3v) is 4.94. The third-order valence-electron chi connectivity index (χ3n) is 4.94. The maximum atomic E-state index is 12.7. The average Bonchev–Trinajstić information content (AvgIpc) is 2.61. The van der Waals surface area contributed by atoms with E-state index in [1.54, 1.807) is 0 Å². The van der Waals surface area contributed by atoms with Crippen LogP contribution in [0.15, 0.2) is 0 Å². The number of carbonyl (C=O) groups is 1. The molecule has 0 spiro atoms. The van der Waals surface area contributed by atoms with Crippen LogP contribution >= 0.6 is 0 Å². The van der Waals surface area contributed by atoms with Gasteiger partial charge in [-0.15, -0.1) is 0 Å². The van der Waals surface area contributed by atoms with Crippen molar-refractivity contribution in [3.63, 3.8) is 0 Å².